The van der Waals surface area contributed by atoms with E-state index in [0.717, 1.165) is 18.5 Å². The number of benzene rings is 2. The SMILES string of the molecule is COc1cccc(OC)c1C(=O)N1CCC(c2cc3ccccc3[nH]2)C1. The van der Waals surface area contributed by atoms with Gasteiger partial charge in [0.1, 0.15) is 17.1 Å². The first-order chi connectivity index (χ1) is 12.7. The summed E-state index contributed by atoms with van der Waals surface area (Å²) in [5, 5.41) is 1.21. The van der Waals surface area contributed by atoms with Crippen LogP contribution in [0, 0.1) is 0 Å². The fourth-order valence-corrected chi connectivity index (χ4v) is 3.73. The van der Waals surface area contributed by atoms with Crippen molar-refractivity contribution in [3.05, 3.63) is 59.8 Å². The minimum atomic E-state index is -0.0436. The van der Waals surface area contributed by atoms with E-state index in [-0.39, 0.29) is 5.91 Å². The molecule has 0 saturated carbocycles. The smallest absolute Gasteiger partial charge is 0.261 e. The maximum Gasteiger partial charge on any atom is 0.261 e. The van der Waals surface area contributed by atoms with E-state index in [4.69, 9.17) is 9.47 Å². The molecule has 1 aromatic heterocycles. The Hall–Kier alpha value is -2.95. The average Bonchev–Trinajstić information content (AvgIpc) is 3.33. The number of hydrogen-bond donors (Lipinski definition) is 1. The van der Waals surface area contributed by atoms with E-state index in [0.29, 0.717) is 29.5 Å². The number of amides is 1. The van der Waals surface area contributed by atoms with Gasteiger partial charge in [0.05, 0.1) is 14.2 Å². The number of likely N-dealkylation sites (tertiary alicyclic amines) is 1. The number of ether oxygens (including phenoxy) is 2. The van der Waals surface area contributed by atoms with Crippen LogP contribution in [0.4, 0.5) is 0 Å². The summed E-state index contributed by atoms with van der Waals surface area (Å²) in [5.41, 5.74) is 2.82. The summed E-state index contributed by atoms with van der Waals surface area (Å²) < 4.78 is 10.8. The number of carbonyl (C=O) groups is 1. The van der Waals surface area contributed by atoms with Gasteiger partial charge in [0.15, 0.2) is 0 Å². The number of fused-ring (bicyclic) bond motifs is 1. The predicted molar refractivity (Wildman–Crippen MR) is 101 cm³/mol. The van der Waals surface area contributed by atoms with Crippen molar-refractivity contribution in [3.8, 4) is 11.5 Å². The van der Waals surface area contributed by atoms with Crippen molar-refractivity contribution in [1.29, 1.82) is 0 Å². The summed E-state index contributed by atoms with van der Waals surface area (Å²) in [6.07, 6.45) is 0.941. The summed E-state index contributed by atoms with van der Waals surface area (Å²) in [4.78, 5) is 18.5. The molecule has 1 N–H and O–H groups in total. The maximum atomic E-state index is 13.1. The Morgan fingerprint density at radius 3 is 2.50 bits per heavy atom. The van der Waals surface area contributed by atoms with Gasteiger partial charge in [-0.1, -0.05) is 24.3 Å². The molecule has 0 aliphatic carbocycles. The molecule has 1 saturated heterocycles. The Morgan fingerprint density at radius 1 is 1.08 bits per heavy atom. The number of aromatic amines is 1. The topological polar surface area (TPSA) is 54.6 Å². The molecule has 1 amide bonds. The highest BCUT2D eigenvalue weighted by Crippen LogP contribution is 2.34. The number of H-pyrrole nitrogens is 1. The van der Waals surface area contributed by atoms with Crippen molar-refractivity contribution in [1.82, 2.24) is 9.88 Å². The molecule has 1 unspecified atom stereocenters. The van der Waals surface area contributed by atoms with Gasteiger partial charge in [-0.3, -0.25) is 4.79 Å². The second-order valence-corrected chi connectivity index (χ2v) is 6.59. The van der Waals surface area contributed by atoms with Gasteiger partial charge in [0.25, 0.3) is 5.91 Å². The molecule has 5 nitrogen and oxygen atoms in total. The highest BCUT2D eigenvalue weighted by Gasteiger charge is 2.31. The van der Waals surface area contributed by atoms with Crippen molar-refractivity contribution < 1.29 is 14.3 Å². The van der Waals surface area contributed by atoms with E-state index in [9.17, 15) is 4.79 Å². The van der Waals surface area contributed by atoms with Crippen LogP contribution in [-0.4, -0.2) is 43.1 Å². The van der Waals surface area contributed by atoms with Crippen molar-refractivity contribution in [2.24, 2.45) is 0 Å². The van der Waals surface area contributed by atoms with Crippen LogP contribution in [0.5, 0.6) is 11.5 Å². The van der Waals surface area contributed by atoms with E-state index in [2.05, 4.69) is 23.2 Å². The number of rotatable bonds is 4. The number of methoxy groups -OCH3 is 2. The number of nitrogens with zero attached hydrogens (tertiary/aromatic N) is 1. The highest BCUT2D eigenvalue weighted by molar-refractivity contribution is 6.00. The molecule has 0 bridgehead atoms. The van der Waals surface area contributed by atoms with Crippen molar-refractivity contribution in [3.63, 3.8) is 0 Å². The molecule has 1 fully saturated rings. The Morgan fingerprint density at radius 2 is 1.81 bits per heavy atom. The minimum Gasteiger partial charge on any atom is -0.496 e. The molecule has 1 aliphatic rings. The van der Waals surface area contributed by atoms with Crippen molar-refractivity contribution >= 4 is 16.8 Å². The molecule has 5 heteroatoms. The lowest BCUT2D eigenvalue weighted by molar-refractivity contribution is 0.0783. The Kier molecular flexibility index (Phi) is 4.29. The van der Waals surface area contributed by atoms with Crippen LogP contribution in [0.15, 0.2) is 48.5 Å². The average molecular weight is 350 g/mol. The minimum absolute atomic E-state index is 0.0436. The normalized spacial score (nSPS) is 16.8. The molecule has 1 atom stereocenters. The molecule has 4 rings (SSSR count). The quantitative estimate of drug-likeness (QED) is 0.778. The monoisotopic (exact) mass is 350 g/mol. The van der Waals surface area contributed by atoms with Crippen LogP contribution in [0.3, 0.4) is 0 Å². The molecular formula is C21H22N2O3. The molecule has 3 aromatic rings. The fourth-order valence-electron chi connectivity index (χ4n) is 3.73. The molecule has 2 aromatic carbocycles. The number of para-hydroxylation sites is 1. The van der Waals surface area contributed by atoms with Crippen molar-refractivity contribution in [2.75, 3.05) is 27.3 Å². The molecule has 0 radical (unpaired) electrons. The third-order valence-corrected chi connectivity index (χ3v) is 5.11. The maximum absolute atomic E-state index is 13.1. The standard InChI is InChI=1S/C21H22N2O3/c1-25-18-8-5-9-19(26-2)20(18)21(24)23-11-10-15(13-23)17-12-14-6-3-4-7-16(14)22-17/h3-9,12,15,22H,10-11,13H2,1-2H3. The lowest BCUT2D eigenvalue weighted by Gasteiger charge is -2.19. The van der Waals surface area contributed by atoms with E-state index in [1.54, 1.807) is 26.4 Å². The summed E-state index contributed by atoms with van der Waals surface area (Å²) in [7, 11) is 3.14. The second kappa shape index (κ2) is 6.75. The second-order valence-electron chi connectivity index (χ2n) is 6.59. The third-order valence-electron chi connectivity index (χ3n) is 5.11. The number of aromatic nitrogens is 1. The first-order valence-corrected chi connectivity index (χ1v) is 8.79. The number of hydrogen-bond acceptors (Lipinski definition) is 3. The van der Waals surface area contributed by atoms with Gasteiger partial charge in [-0.2, -0.15) is 0 Å². The number of nitrogens with one attached hydrogen (secondary N) is 1. The Balaban J connectivity index is 1.58. The van der Waals surface area contributed by atoms with Gasteiger partial charge in [-0.15, -0.1) is 0 Å². The van der Waals surface area contributed by atoms with Gasteiger partial charge >= 0.3 is 0 Å². The van der Waals surface area contributed by atoms with Gasteiger partial charge in [-0.25, -0.2) is 0 Å². The van der Waals surface area contributed by atoms with Crippen LogP contribution >= 0.6 is 0 Å². The van der Waals surface area contributed by atoms with E-state index in [1.165, 1.54) is 11.1 Å². The molecule has 2 heterocycles. The summed E-state index contributed by atoms with van der Waals surface area (Å²) in [5.74, 6) is 1.36. The van der Waals surface area contributed by atoms with Crippen LogP contribution in [0.1, 0.15) is 28.4 Å². The van der Waals surface area contributed by atoms with E-state index < -0.39 is 0 Å². The lowest BCUT2D eigenvalue weighted by Crippen LogP contribution is -2.29. The lowest BCUT2D eigenvalue weighted by atomic mass is 10.1. The van der Waals surface area contributed by atoms with Crippen LogP contribution in [0.25, 0.3) is 10.9 Å². The number of carbonyl (C=O) groups excluding carboxylic acids is 1. The zero-order valence-corrected chi connectivity index (χ0v) is 15.0. The molecule has 134 valence electrons. The van der Waals surface area contributed by atoms with Crippen LogP contribution < -0.4 is 9.47 Å². The Labute approximate surface area is 152 Å². The van der Waals surface area contributed by atoms with Crippen LogP contribution in [-0.2, 0) is 0 Å². The van der Waals surface area contributed by atoms with Gasteiger partial charge in [0, 0.05) is 30.2 Å². The molecule has 0 spiro atoms. The molecule has 26 heavy (non-hydrogen) atoms. The van der Waals surface area contributed by atoms with E-state index in [1.807, 2.05) is 23.1 Å². The molecule has 1 aliphatic heterocycles. The largest absolute Gasteiger partial charge is 0.496 e. The predicted octanol–water partition coefficient (Wildman–Crippen LogP) is 3.81. The highest BCUT2D eigenvalue weighted by atomic mass is 16.5. The van der Waals surface area contributed by atoms with Gasteiger partial charge in [0.2, 0.25) is 0 Å². The van der Waals surface area contributed by atoms with Gasteiger partial charge < -0.3 is 19.4 Å². The zero-order chi connectivity index (χ0) is 18.1. The zero-order valence-electron chi connectivity index (χ0n) is 15.0. The first-order valence-electron chi connectivity index (χ1n) is 8.79. The van der Waals surface area contributed by atoms with Crippen molar-refractivity contribution in [2.45, 2.75) is 12.3 Å². The molecular weight excluding hydrogens is 328 g/mol. The Bertz CT molecular complexity index is 892. The first kappa shape index (κ1) is 16.5. The fraction of sp³-hybridized carbons (Fsp3) is 0.286. The van der Waals surface area contributed by atoms with Gasteiger partial charge in [-0.05, 0) is 36.1 Å². The summed E-state index contributed by atoms with van der Waals surface area (Å²) in [6, 6.07) is 15.9. The third kappa shape index (κ3) is 2.79. The summed E-state index contributed by atoms with van der Waals surface area (Å²) >= 11 is 0. The van der Waals surface area contributed by atoms with E-state index >= 15 is 0 Å². The summed E-state index contributed by atoms with van der Waals surface area (Å²) in [6.45, 7) is 1.41. The van der Waals surface area contributed by atoms with Crippen LogP contribution in [0.2, 0.25) is 0 Å².